The predicted molar refractivity (Wildman–Crippen MR) is 144 cm³/mol. The molecule has 4 unspecified atom stereocenters. The van der Waals surface area contributed by atoms with Gasteiger partial charge < -0.3 is 26.2 Å². The summed E-state index contributed by atoms with van der Waals surface area (Å²) in [5, 5.41) is 30.7. The largest absolute Gasteiger partial charge is 0.393 e. The average molecular weight is 587 g/mol. The van der Waals surface area contributed by atoms with Gasteiger partial charge in [0.1, 0.15) is 22.5 Å². The zero-order chi connectivity index (χ0) is 28.6. The predicted octanol–water partition coefficient (Wildman–Crippen LogP) is 4.22. The van der Waals surface area contributed by atoms with Gasteiger partial charge in [-0.15, -0.1) is 11.3 Å². The molecule has 0 saturated heterocycles. The summed E-state index contributed by atoms with van der Waals surface area (Å²) in [5.74, 6) is -1.16. The molecule has 1 aliphatic heterocycles. The molecule has 1 aromatic carbocycles. The van der Waals surface area contributed by atoms with Crippen molar-refractivity contribution in [3.8, 4) is 0 Å². The molecular formula is C26H33F3N4O4S2. The summed E-state index contributed by atoms with van der Waals surface area (Å²) in [4.78, 5) is 30.7. The lowest BCUT2D eigenvalue weighted by Crippen LogP contribution is -2.51. The number of rotatable bonds is 13. The van der Waals surface area contributed by atoms with Crippen LogP contribution in [0.4, 0.5) is 13.2 Å². The Morgan fingerprint density at radius 2 is 1.85 bits per heavy atom. The SMILES string of the molecule is Cc1ccc(C2NC=C(C(=O)N[C@@H](CCC(C)O)C(=O)NC(CCCC(F)(F)F)C(O)c3nccs3)S2)cc1. The fourth-order valence-corrected chi connectivity index (χ4v) is 5.62. The molecule has 13 heteroatoms. The van der Waals surface area contributed by atoms with E-state index in [2.05, 4.69) is 20.9 Å². The van der Waals surface area contributed by atoms with Crippen molar-refractivity contribution in [2.45, 2.75) is 81.8 Å². The van der Waals surface area contributed by atoms with Gasteiger partial charge in [0.25, 0.3) is 5.91 Å². The van der Waals surface area contributed by atoms with Gasteiger partial charge in [-0.2, -0.15) is 13.2 Å². The van der Waals surface area contributed by atoms with Crippen molar-refractivity contribution in [3.63, 3.8) is 0 Å². The van der Waals surface area contributed by atoms with Crippen molar-refractivity contribution in [3.05, 3.63) is 63.1 Å². The number of thiazole rings is 1. The first-order valence-electron chi connectivity index (χ1n) is 12.6. The molecule has 0 fully saturated rings. The van der Waals surface area contributed by atoms with Gasteiger partial charge in [-0.1, -0.05) is 41.6 Å². The van der Waals surface area contributed by atoms with Crippen LogP contribution in [-0.4, -0.2) is 51.4 Å². The third-order valence-corrected chi connectivity index (χ3v) is 8.15. The van der Waals surface area contributed by atoms with E-state index in [0.717, 1.165) is 22.5 Å². The number of benzene rings is 1. The molecule has 1 aliphatic rings. The summed E-state index contributed by atoms with van der Waals surface area (Å²) < 4.78 is 38.2. The smallest absolute Gasteiger partial charge is 0.389 e. The molecule has 0 saturated carbocycles. The van der Waals surface area contributed by atoms with Crippen LogP contribution in [-0.2, 0) is 9.59 Å². The Labute approximate surface area is 233 Å². The molecule has 8 nitrogen and oxygen atoms in total. The van der Waals surface area contributed by atoms with E-state index < -0.39 is 48.7 Å². The number of halogens is 3. The quantitative estimate of drug-likeness (QED) is 0.238. The molecule has 0 radical (unpaired) electrons. The second kappa shape index (κ2) is 14.1. The number of aromatic nitrogens is 1. The monoisotopic (exact) mass is 586 g/mol. The number of hydrogen-bond acceptors (Lipinski definition) is 8. The summed E-state index contributed by atoms with van der Waals surface area (Å²) in [7, 11) is 0. The first-order chi connectivity index (χ1) is 18.4. The van der Waals surface area contributed by atoms with Crippen molar-refractivity contribution in [1.82, 2.24) is 20.9 Å². The maximum atomic E-state index is 13.3. The van der Waals surface area contributed by atoms with Crippen molar-refractivity contribution < 1.29 is 33.0 Å². The van der Waals surface area contributed by atoms with Crippen LogP contribution in [0, 0.1) is 6.92 Å². The number of carbonyl (C=O) groups is 2. The molecule has 0 bridgehead atoms. The number of nitrogens with zero attached hydrogens (tertiary/aromatic N) is 1. The molecular weight excluding hydrogens is 553 g/mol. The second-order valence-electron chi connectivity index (χ2n) is 9.47. The minimum Gasteiger partial charge on any atom is -0.393 e. The summed E-state index contributed by atoms with van der Waals surface area (Å²) in [6.07, 6.45) is -4.64. The normalized spacial score (nSPS) is 18.4. The second-order valence-corrected chi connectivity index (χ2v) is 11.5. The van der Waals surface area contributed by atoms with Gasteiger partial charge >= 0.3 is 6.18 Å². The number of hydrogen-bond donors (Lipinski definition) is 5. The standard InChI is InChI=1S/C26H33F3N4O4S2/c1-15-5-8-17(9-6-15)24-31-14-20(39-24)23(37)33-19(10-7-16(2)34)22(36)32-18(4-3-11-26(27,28)29)21(35)25-30-12-13-38-25/h5-6,8-9,12-14,16,18-19,21,24,31,34-35H,3-4,7,10-11H2,1-2H3,(H,32,36)(H,33,37)/t16?,18?,19-,21?,24?/m0/s1. The molecule has 2 heterocycles. The van der Waals surface area contributed by atoms with Gasteiger partial charge in [-0.3, -0.25) is 9.59 Å². The van der Waals surface area contributed by atoms with Gasteiger partial charge in [-0.25, -0.2) is 4.98 Å². The van der Waals surface area contributed by atoms with Crippen molar-refractivity contribution in [2.24, 2.45) is 0 Å². The maximum absolute atomic E-state index is 13.3. The molecule has 1 aromatic heterocycles. The minimum atomic E-state index is -4.37. The van der Waals surface area contributed by atoms with E-state index in [1.54, 1.807) is 18.5 Å². The minimum absolute atomic E-state index is 0.0879. The Morgan fingerprint density at radius 1 is 1.13 bits per heavy atom. The number of carbonyl (C=O) groups excluding carboxylic acids is 2. The lowest BCUT2D eigenvalue weighted by Gasteiger charge is -2.26. The number of aliphatic hydroxyl groups excluding tert-OH is 2. The number of thioether (sulfide) groups is 1. The Balaban J connectivity index is 1.68. The molecule has 0 aliphatic carbocycles. The first kappa shape index (κ1) is 30.9. The van der Waals surface area contributed by atoms with E-state index in [0.29, 0.717) is 4.91 Å². The highest BCUT2D eigenvalue weighted by molar-refractivity contribution is 8.04. The van der Waals surface area contributed by atoms with Gasteiger partial charge in [0.2, 0.25) is 5.91 Å². The van der Waals surface area contributed by atoms with Crippen LogP contribution in [0.3, 0.4) is 0 Å². The number of aryl methyl sites for hydroxylation is 1. The fraction of sp³-hybridized carbons (Fsp3) is 0.500. The van der Waals surface area contributed by atoms with Crippen LogP contribution >= 0.6 is 23.1 Å². The zero-order valence-electron chi connectivity index (χ0n) is 21.6. The highest BCUT2D eigenvalue weighted by Crippen LogP contribution is 2.37. The molecule has 2 amide bonds. The number of alkyl halides is 3. The van der Waals surface area contributed by atoms with E-state index in [9.17, 15) is 33.0 Å². The van der Waals surface area contributed by atoms with Crippen molar-refractivity contribution in [1.29, 1.82) is 0 Å². The third-order valence-electron chi connectivity index (χ3n) is 6.10. The topological polar surface area (TPSA) is 124 Å². The Kier molecular flexibility index (Phi) is 11.2. The highest BCUT2D eigenvalue weighted by atomic mass is 32.2. The molecule has 5 atom stereocenters. The van der Waals surface area contributed by atoms with Crippen LogP contribution < -0.4 is 16.0 Å². The highest BCUT2D eigenvalue weighted by Gasteiger charge is 2.33. The Morgan fingerprint density at radius 3 is 2.46 bits per heavy atom. The molecule has 214 valence electrons. The molecule has 39 heavy (non-hydrogen) atoms. The van der Waals surface area contributed by atoms with Crippen molar-refractivity contribution >= 4 is 34.9 Å². The van der Waals surface area contributed by atoms with E-state index in [1.165, 1.54) is 18.0 Å². The van der Waals surface area contributed by atoms with Gasteiger partial charge in [0, 0.05) is 24.2 Å². The maximum Gasteiger partial charge on any atom is 0.389 e. The van der Waals surface area contributed by atoms with Gasteiger partial charge in [-0.05, 0) is 45.1 Å². The van der Waals surface area contributed by atoms with Crippen molar-refractivity contribution in [2.75, 3.05) is 0 Å². The lowest BCUT2D eigenvalue weighted by atomic mass is 10.0. The average Bonchev–Trinajstić information content (AvgIpc) is 3.58. The fourth-order valence-electron chi connectivity index (χ4n) is 3.94. The van der Waals surface area contributed by atoms with Crippen LogP contribution in [0.5, 0.6) is 0 Å². The zero-order valence-corrected chi connectivity index (χ0v) is 23.2. The molecule has 2 aromatic rings. The number of aliphatic hydroxyl groups is 2. The van der Waals surface area contributed by atoms with Gasteiger partial charge in [0.15, 0.2) is 0 Å². The number of nitrogens with one attached hydrogen (secondary N) is 3. The van der Waals surface area contributed by atoms with E-state index in [-0.39, 0.29) is 36.1 Å². The third kappa shape index (κ3) is 9.82. The van der Waals surface area contributed by atoms with E-state index >= 15 is 0 Å². The van der Waals surface area contributed by atoms with Crippen LogP contribution in [0.1, 0.15) is 66.6 Å². The van der Waals surface area contributed by atoms with E-state index in [4.69, 9.17) is 0 Å². The van der Waals surface area contributed by atoms with Gasteiger partial charge in [0.05, 0.1) is 17.1 Å². The van der Waals surface area contributed by atoms with Crippen LogP contribution in [0.25, 0.3) is 0 Å². The van der Waals surface area contributed by atoms with E-state index in [1.807, 2.05) is 31.2 Å². The summed E-state index contributed by atoms with van der Waals surface area (Å²) in [6, 6.07) is 5.72. The summed E-state index contributed by atoms with van der Waals surface area (Å²) in [6.45, 7) is 3.53. The van der Waals surface area contributed by atoms with Crippen LogP contribution in [0.2, 0.25) is 0 Å². The van der Waals surface area contributed by atoms with Crippen LogP contribution in [0.15, 0.2) is 46.9 Å². The molecule has 0 spiro atoms. The molecule has 3 rings (SSSR count). The molecule has 5 N–H and O–H groups in total. The number of amides is 2. The summed E-state index contributed by atoms with van der Waals surface area (Å²) in [5.41, 5.74) is 2.09. The Hall–Kier alpha value is -2.61. The summed E-state index contributed by atoms with van der Waals surface area (Å²) >= 11 is 2.41. The first-order valence-corrected chi connectivity index (χ1v) is 14.3. The Bertz CT molecular complexity index is 1110. The lowest BCUT2D eigenvalue weighted by molar-refractivity contribution is -0.136.